The number of hydrogen-bond donors (Lipinski definition) is 1. The van der Waals surface area contributed by atoms with Gasteiger partial charge in [-0.2, -0.15) is 0 Å². The van der Waals surface area contributed by atoms with E-state index in [-0.39, 0.29) is 0 Å². The predicted octanol–water partition coefficient (Wildman–Crippen LogP) is 5.64. The van der Waals surface area contributed by atoms with Gasteiger partial charge in [-0.05, 0) is 65.7 Å². The molecule has 1 heterocycles. The van der Waals surface area contributed by atoms with E-state index in [0.717, 1.165) is 13.1 Å². The third-order valence-corrected chi connectivity index (χ3v) is 5.54. The van der Waals surface area contributed by atoms with E-state index in [0.29, 0.717) is 5.41 Å². The van der Waals surface area contributed by atoms with Crippen LogP contribution in [-0.2, 0) is 6.42 Å². The van der Waals surface area contributed by atoms with Crippen molar-refractivity contribution < 1.29 is 0 Å². The van der Waals surface area contributed by atoms with Gasteiger partial charge >= 0.3 is 0 Å². The molecule has 0 saturated heterocycles. The zero-order valence-corrected chi connectivity index (χ0v) is 15.0. The van der Waals surface area contributed by atoms with Crippen molar-refractivity contribution >= 4 is 27.3 Å². The first-order valence-corrected chi connectivity index (χ1v) is 9.21. The van der Waals surface area contributed by atoms with Gasteiger partial charge in [-0.25, -0.2) is 0 Å². The Kier molecular flexibility index (Phi) is 8.27. The van der Waals surface area contributed by atoms with Crippen molar-refractivity contribution in [3.8, 4) is 0 Å². The molecule has 0 aliphatic rings. The first kappa shape index (κ1) is 17.2. The molecule has 0 saturated carbocycles. The van der Waals surface area contributed by atoms with E-state index in [1.807, 2.05) is 11.3 Å². The predicted molar refractivity (Wildman–Crippen MR) is 91.1 cm³/mol. The van der Waals surface area contributed by atoms with Gasteiger partial charge in [-0.1, -0.05) is 33.6 Å². The van der Waals surface area contributed by atoms with Crippen molar-refractivity contribution in [3.63, 3.8) is 0 Å². The van der Waals surface area contributed by atoms with Gasteiger partial charge in [0, 0.05) is 11.4 Å². The number of unbranched alkanes of at least 4 members (excludes halogenated alkanes) is 1. The van der Waals surface area contributed by atoms with Crippen LogP contribution in [0.3, 0.4) is 0 Å². The zero-order valence-electron chi connectivity index (χ0n) is 12.6. The molecule has 110 valence electrons. The van der Waals surface area contributed by atoms with Crippen LogP contribution in [0.15, 0.2) is 15.9 Å². The fourth-order valence-electron chi connectivity index (χ4n) is 2.56. The quantitative estimate of drug-likeness (QED) is 0.541. The lowest BCUT2D eigenvalue weighted by atomic mass is 9.76. The van der Waals surface area contributed by atoms with Crippen LogP contribution in [0.1, 0.15) is 57.8 Å². The maximum atomic E-state index is 3.66. The molecule has 0 spiro atoms. The Balaban J connectivity index is 2.69. The molecule has 0 radical (unpaired) electrons. The molecule has 0 aromatic carbocycles. The van der Waals surface area contributed by atoms with Crippen LogP contribution in [0.25, 0.3) is 0 Å². The topological polar surface area (TPSA) is 12.0 Å². The Morgan fingerprint density at radius 1 is 1.21 bits per heavy atom. The third-order valence-electron chi connectivity index (χ3n) is 3.92. The molecular formula is C16H28BrNS. The third kappa shape index (κ3) is 5.97. The van der Waals surface area contributed by atoms with Crippen LogP contribution < -0.4 is 5.32 Å². The molecular weight excluding hydrogens is 318 g/mol. The van der Waals surface area contributed by atoms with Crippen LogP contribution in [0, 0.1) is 5.41 Å². The summed E-state index contributed by atoms with van der Waals surface area (Å²) in [4.78, 5) is 1.52. The van der Waals surface area contributed by atoms with Crippen LogP contribution >= 0.6 is 27.3 Å². The van der Waals surface area contributed by atoms with Gasteiger partial charge in [-0.3, -0.25) is 0 Å². The number of halogens is 1. The number of nitrogens with one attached hydrogen (secondary N) is 1. The van der Waals surface area contributed by atoms with Gasteiger partial charge in [0.15, 0.2) is 0 Å². The van der Waals surface area contributed by atoms with E-state index in [1.165, 1.54) is 47.2 Å². The van der Waals surface area contributed by atoms with Crippen molar-refractivity contribution in [1.29, 1.82) is 0 Å². The minimum Gasteiger partial charge on any atom is -0.316 e. The van der Waals surface area contributed by atoms with Crippen molar-refractivity contribution in [1.82, 2.24) is 5.32 Å². The number of hydrogen-bond acceptors (Lipinski definition) is 2. The van der Waals surface area contributed by atoms with Gasteiger partial charge in [0.1, 0.15) is 0 Å². The van der Waals surface area contributed by atoms with E-state index < -0.39 is 0 Å². The lowest BCUT2D eigenvalue weighted by Crippen LogP contribution is -2.36. The second-order valence-electron chi connectivity index (χ2n) is 5.52. The average molecular weight is 346 g/mol. The fourth-order valence-corrected chi connectivity index (χ4v) is 4.22. The largest absolute Gasteiger partial charge is 0.316 e. The van der Waals surface area contributed by atoms with Crippen molar-refractivity contribution in [3.05, 3.63) is 20.8 Å². The van der Waals surface area contributed by atoms with Crippen molar-refractivity contribution in [2.24, 2.45) is 5.41 Å². The Bertz CT molecular complexity index is 350. The zero-order chi connectivity index (χ0) is 14.1. The Labute approximate surface area is 131 Å². The maximum Gasteiger partial charge on any atom is 0.0701 e. The summed E-state index contributed by atoms with van der Waals surface area (Å²) in [5.41, 5.74) is 0.440. The summed E-state index contributed by atoms with van der Waals surface area (Å²) >= 11 is 5.47. The molecule has 0 aliphatic heterocycles. The van der Waals surface area contributed by atoms with Crippen LogP contribution in [0.5, 0.6) is 0 Å². The first-order chi connectivity index (χ1) is 9.15. The molecule has 1 aromatic heterocycles. The molecule has 1 unspecified atom stereocenters. The summed E-state index contributed by atoms with van der Waals surface area (Å²) < 4.78 is 1.25. The minimum absolute atomic E-state index is 0.440. The Hall–Kier alpha value is 0.140. The molecule has 19 heavy (non-hydrogen) atoms. The summed E-state index contributed by atoms with van der Waals surface area (Å²) in [6.07, 6.45) is 7.68. The normalized spacial score (nSPS) is 14.5. The van der Waals surface area contributed by atoms with E-state index in [4.69, 9.17) is 0 Å². The van der Waals surface area contributed by atoms with Gasteiger partial charge < -0.3 is 5.32 Å². The van der Waals surface area contributed by atoms with Crippen molar-refractivity contribution in [2.45, 2.75) is 59.3 Å². The molecule has 1 aromatic rings. The molecule has 3 heteroatoms. The summed E-state index contributed by atoms with van der Waals surface area (Å²) in [6, 6.07) is 4.46. The monoisotopic (exact) mass is 345 g/mol. The lowest BCUT2D eigenvalue weighted by Gasteiger charge is -2.33. The standard InChI is InChI=1S/C16H28BrNS/c1-4-7-10-16(6-3,13-18-11-5-2)12-14-8-9-15(17)19-14/h8-9,18H,4-7,10-13H2,1-3H3. The number of thiophene rings is 1. The van der Waals surface area contributed by atoms with Crippen LogP contribution in [0.4, 0.5) is 0 Å². The van der Waals surface area contributed by atoms with Gasteiger partial charge in [0.2, 0.25) is 0 Å². The second kappa shape index (κ2) is 9.15. The highest BCUT2D eigenvalue weighted by atomic mass is 79.9. The van der Waals surface area contributed by atoms with Gasteiger partial charge in [0.05, 0.1) is 3.79 Å². The van der Waals surface area contributed by atoms with Crippen LogP contribution in [-0.4, -0.2) is 13.1 Å². The molecule has 0 amide bonds. The molecule has 1 N–H and O–H groups in total. The lowest BCUT2D eigenvalue weighted by molar-refractivity contribution is 0.231. The molecule has 1 rings (SSSR count). The maximum absolute atomic E-state index is 3.66. The van der Waals surface area contributed by atoms with E-state index in [2.05, 4.69) is 54.2 Å². The van der Waals surface area contributed by atoms with Gasteiger partial charge in [0.25, 0.3) is 0 Å². The smallest absolute Gasteiger partial charge is 0.0701 e. The Morgan fingerprint density at radius 3 is 2.53 bits per heavy atom. The van der Waals surface area contributed by atoms with Gasteiger partial charge in [-0.15, -0.1) is 11.3 Å². The molecule has 0 fully saturated rings. The first-order valence-electron chi connectivity index (χ1n) is 7.60. The van der Waals surface area contributed by atoms with E-state index >= 15 is 0 Å². The fraction of sp³-hybridized carbons (Fsp3) is 0.750. The summed E-state index contributed by atoms with van der Waals surface area (Å²) in [5.74, 6) is 0. The van der Waals surface area contributed by atoms with Crippen molar-refractivity contribution in [2.75, 3.05) is 13.1 Å². The summed E-state index contributed by atoms with van der Waals surface area (Å²) in [7, 11) is 0. The highest BCUT2D eigenvalue weighted by Crippen LogP contribution is 2.35. The van der Waals surface area contributed by atoms with E-state index in [1.54, 1.807) is 0 Å². The van der Waals surface area contributed by atoms with Crippen LogP contribution in [0.2, 0.25) is 0 Å². The summed E-state index contributed by atoms with van der Waals surface area (Å²) in [5, 5.41) is 3.66. The molecule has 0 bridgehead atoms. The highest BCUT2D eigenvalue weighted by molar-refractivity contribution is 9.11. The highest BCUT2D eigenvalue weighted by Gasteiger charge is 2.28. The SMILES string of the molecule is CCCCC(CC)(CNCCC)Cc1ccc(Br)s1. The second-order valence-corrected chi connectivity index (χ2v) is 8.06. The molecule has 0 aliphatic carbocycles. The Morgan fingerprint density at radius 2 is 2.00 bits per heavy atom. The molecule has 1 atom stereocenters. The minimum atomic E-state index is 0.440. The average Bonchev–Trinajstić information content (AvgIpc) is 2.81. The van der Waals surface area contributed by atoms with E-state index in [9.17, 15) is 0 Å². The number of rotatable bonds is 10. The molecule has 1 nitrogen and oxygen atoms in total. The summed E-state index contributed by atoms with van der Waals surface area (Å²) in [6.45, 7) is 9.19.